The lowest BCUT2D eigenvalue weighted by Crippen LogP contribution is -2.26. The normalized spacial score (nSPS) is 15.2. The summed E-state index contributed by atoms with van der Waals surface area (Å²) >= 11 is 0. The molecule has 1 aliphatic carbocycles. The number of hydrogen-bond acceptors (Lipinski definition) is 5. The van der Waals surface area contributed by atoms with Crippen LogP contribution in [0.4, 0.5) is 0 Å². The predicted octanol–water partition coefficient (Wildman–Crippen LogP) is 2.29. The maximum atomic E-state index is 11.9. The van der Waals surface area contributed by atoms with Crippen LogP contribution in [-0.2, 0) is 9.53 Å². The molecule has 0 aliphatic heterocycles. The SMILES string of the molecule is COc1cc(C#N)ccc1OC(=O)C(C)OCC1CC1. The van der Waals surface area contributed by atoms with E-state index in [1.54, 1.807) is 19.1 Å². The molecule has 0 amide bonds. The highest BCUT2D eigenvalue weighted by Gasteiger charge is 2.25. The zero-order chi connectivity index (χ0) is 14.5. The van der Waals surface area contributed by atoms with E-state index in [2.05, 4.69) is 0 Å². The third-order valence-electron chi connectivity index (χ3n) is 3.11. The van der Waals surface area contributed by atoms with Gasteiger partial charge in [-0.15, -0.1) is 0 Å². The summed E-state index contributed by atoms with van der Waals surface area (Å²) in [6.07, 6.45) is 1.73. The molecule has 0 aromatic heterocycles. The van der Waals surface area contributed by atoms with Gasteiger partial charge in [-0.2, -0.15) is 5.26 Å². The van der Waals surface area contributed by atoms with E-state index < -0.39 is 12.1 Å². The second-order valence-corrected chi connectivity index (χ2v) is 4.82. The second kappa shape index (κ2) is 6.40. The maximum Gasteiger partial charge on any atom is 0.340 e. The van der Waals surface area contributed by atoms with E-state index in [1.807, 2.05) is 6.07 Å². The lowest BCUT2D eigenvalue weighted by Gasteiger charge is -2.14. The molecule has 2 rings (SSSR count). The monoisotopic (exact) mass is 275 g/mol. The van der Waals surface area contributed by atoms with Gasteiger partial charge in [0.25, 0.3) is 0 Å². The van der Waals surface area contributed by atoms with E-state index >= 15 is 0 Å². The van der Waals surface area contributed by atoms with E-state index in [0.717, 1.165) is 0 Å². The Bertz CT molecular complexity index is 531. The summed E-state index contributed by atoms with van der Waals surface area (Å²) in [7, 11) is 1.46. The van der Waals surface area contributed by atoms with Crippen molar-refractivity contribution < 1.29 is 19.0 Å². The van der Waals surface area contributed by atoms with Gasteiger partial charge in [-0.05, 0) is 37.8 Å². The van der Waals surface area contributed by atoms with E-state index in [0.29, 0.717) is 29.6 Å². The largest absolute Gasteiger partial charge is 0.493 e. The van der Waals surface area contributed by atoms with Gasteiger partial charge in [-0.3, -0.25) is 0 Å². The number of rotatable bonds is 6. The topological polar surface area (TPSA) is 68.5 Å². The van der Waals surface area contributed by atoms with E-state index in [-0.39, 0.29) is 0 Å². The van der Waals surface area contributed by atoms with Gasteiger partial charge < -0.3 is 14.2 Å². The van der Waals surface area contributed by atoms with Crippen LogP contribution in [0.1, 0.15) is 25.3 Å². The molecule has 5 heteroatoms. The Morgan fingerprint density at radius 1 is 1.45 bits per heavy atom. The number of esters is 1. The van der Waals surface area contributed by atoms with Crippen molar-refractivity contribution in [2.24, 2.45) is 5.92 Å². The first-order chi connectivity index (χ1) is 9.63. The summed E-state index contributed by atoms with van der Waals surface area (Å²) in [6, 6.07) is 6.64. The molecule has 1 saturated carbocycles. The Morgan fingerprint density at radius 2 is 2.20 bits per heavy atom. The molecule has 1 fully saturated rings. The van der Waals surface area contributed by atoms with Crippen LogP contribution in [0.2, 0.25) is 0 Å². The fourth-order valence-corrected chi connectivity index (χ4v) is 1.65. The summed E-state index contributed by atoms with van der Waals surface area (Å²) in [4.78, 5) is 11.9. The maximum absolute atomic E-state index is 11.9. The number of ether oxygens (including phenoxy) is 3. The predicted molar refractivity (Wildman–Crippen MR) is 71.5 cm³/mol. The smallest absolute Gasteiger partial charge is 0.340 e. The fraction of sp³-hybridized carbons (Fsp3) is 0.467. The Hall–Kier alpha value is -2.06. The Labute approximate surface area is 118 Å². The van der Waals surface area contributed by atoms with Crippen LogP contribution in [-0.4, -0.2) is 25.8 Å². The van der Waals surface area contributed by atoms with Crippen molar-refractivity contribution in [1.82, 2.24) is 0 Å². The van der Waals surface area contributed by atoms with Crippen molar-refractivity contribution in [1.29, 1.82) is 5.26 Å². The Kier molecular flexibility index (Phi) is 4.59. The number of nitriles is 1. The van der Waals surface area contributed by atoms with Gasteiger partial charge in [0.05, 0.1) is 25.3 Å². The summed E-state index contributed by atoms with van der Waals surface area (Å²) in [5, 5.41) is 8.81. The van der Waals surface area contributed by atoms with Gasteiger partial charge in [0.15, 0.2) is 17.6 Å². The molecule has 1 aromatic carbocycles. The van der Waals surface area contributed by atoms with Crippen molar-refractivity contribution >= 4 is 5.97 Å². The van der Waals surface area contributed by atoms with Gasteiger partial charge in [0.1, 0.15) is 0 Å². The van der Waals surface area contributed by atoms with Crippen molar-refractivity contribution in [2.75, 3.05) is 13.7 Å². The number of methoxy groups -OCH3 is 1. The molecule has 0 saturated heterocycles. The van der Waals surface area contributed by atoms with Crippen LogP contribution in [0.5, 0.6) is 11.5 Å². The van der Waals surface area contributed by atoms with Gasteiger partial charge >= 0.3 is 5.97 Å². The minimum Gasteiger partial charge on any atom is -0.493 e. The van der Waals surface area contributed by atoms with Gasteiger partial charge in [0.2, 0.25) is 0 Å². The van der Waals surface area contributed by atoms with Crippen LogP contribution >= 0.6 is 0 Å². The molecular formula is C15H17NO4. The molecule has 0 radical (unpaired) electrons. The molecule has 0 heterocycles. The Balaban J connectivity index is 1.97. The molecule has 1 atom stereocenters. The Morgan fingerprint density at radius 3 is 2.80 bits per heavy atom. The number of hydrogen-bond donors (Lipinski definition) is 0. The molecule has 5 nitrogen and oxygen atoms in total. The number of benzene rings is 1. The van der Waals surface area contributed by atoms with Crippen molar-refractivity contribution in [3.05, 3.63) is 23.8 Å². The molecule has 0 N–H and O–H groups in total. The third-order valence-corrected chi connectivity index (χ3v) is 3.11. The molecule has 106 valence electrons. The average molecular weight is 275 g/mol. The fourth-order valence-electron chi connectivity index (χ4n) is 1.65. The number of nitrogens with zero attached hydrogens (tertiary/aromatic N) is 1. The minimum atomic E-state index is -0.615. The molecule has 0 bridgehead atoms. The highest BCUT2D eigenvalue weighted by Crippen LogP contribution is 2.30. The summed E-state index contributed by atoms with van der Waals surface area (Å²) < 4.78 is 15.8. The molecule has 1 aliphatic rings. The number of carbonyl (C=O) groups excluding carboxylic acids is 1. The summed E-state index contributed by atoms with van der Waals surface area (Å²) in [5.41, 5.74) is 0.444. The molecule has 1 aromatic rings. The highest BCUT2D eigenvalue weighted by molar-refractivity contribution is 5.77. The van der Waals surface area contributed by atoms with Crippen molar-refractivity contribution in [2.45, 2.75) is 25.9 Å². The second-order valence-electron chi connectivity index (χ2n) is 4.82. The average Bonchev–Trinajstić information content (AvgIpc) is 3.29. The van der Waals surface area contributed by atoms with Crippen LogP contribution in [0.3, 0.4) is 0 Å². The first-order valence-corrected chi connectivity index (χ1v) is 6.55. The quantitative estimate of drug-likeness (QED) is 0.588. The van der Waals surface area contributed by atoms with Gasteiger partial charge in [0, 0.05) is 6.07 Å². The van der Waals surface area contributed by atoms with Gasteiger partial charge in [-0.1, -0.05) is 0 Å². The van der Waals surface area contributed by atoms with Crippen LogP contribution in [0, 0.1) is 17.2 Å². The zero-order valence-corrected chi connectivity index (χ0v) is 11.6. The first kappa shape index (κ1) is 14.4. The summed E-state index contributed by atoms with van der Waals surface area (Å²) in [6.45, 7) is 2.27. The molecule has 1 unspecified atom stereocenters. The zero-order valence-electron chi connectivity index (χ0n) is 11.6. The molecule has 0 spiro atoms. The third kappa shape index (κ3) is 3.72. The minimum absolute atomic E-state index is 0.290. The lowest BCUT2D eigenvalue weighted by molar-refractivity contribution is -0.146. The molecule has 20 heavy (non-hydrogen) atoms. The van der Waals surface area contributed by atoms with Crippen molar-refractivity contribution in [3.63, 3.8) is 0 Å². The van der Waals surface area contributed by atoms with Crippen LogP contribution in [0.25, 0.3) is 0 Å². The standard InChI is InChI=1S/C15H17NO4/c1-10(19-9-11-3-4-11)15(17)20-13-6-5-12(8-16)7-14(13)18-2/h5-7,10-11H,3-4,9H2,1-2H3. The first-order valence-electron chi connectivity index (χ1n) is 6.55. The van der Waals surface area contributed by atoms with E-state index in [4.69, 9.17) is 19.5 Å². The highest BCUT2D eigenvalue weighted by atomic mass is 16.6. The number of carbonyl (C=O) groups is 1. The van der Waals surface area contributed by atoms with Gasteiger partial charge in [-0.25, -0.2) is 4.79 Å². The summed E-state index contributed by atoms with van der Waals surface area (Å²) in [5.74, 6) is 0.772. The van der Waals surface area contributed by atoms with E-state index in [9.17, 15) is 4.79 Å². The van der Waals surface area contributed by atoms with E-state index in [1.165, 1.54) is 26.0 Å². The van der Waals surface area contributed by atoms with Crippen LogP contribution < -0.4 is 9.47 Å². The molecular weight excluding hydrogens is 258 g/mol. The van der Waals surface area contributed by atoms with Crippen molar-refractivity contribution in [3.8, 4) is 17.6 Å². The van der Waals surface area contributed by atoms with Crippen LogP contribution in [0.15, 0.2) is 18.2 Å². The lowest BCUT2D eigenvalue weighted by atomic mass is 10.2.